The maximum atomic E-state index is 14.2. The fourth-order valence-electron chi connectivity index (χ4n) is 2.83. The van der Waals surface area contributed by atoms with Crippen molar-refractivity contribution in [3.8, 4) is 0 Å². The summed E-state index contributed by atoms with van der Waals surface area (Å²) in [4.78, 5) is 16.8. The summed E-state index contributed by atoms with van der Waals surface area (Å²) in [7, 11) is 0. The molecular formula is C16H24FN3O. The van der Waals surface area contributed by atoms with E-state index < -0.39 is 6.04 Å². The molecule has 1 unspecified atom stereocenters. The number of amides is 1. The third-order valence-corrected chi connectivity index (χ3v) is 4.04. The van der Waals surface area contributed by atoms with Crippen molar-refractivity contribution in [2.24, 2.45) is 0 Å². The third kappa shape index (κ3) is 3.60. The number of carbonyl (C=O) groups is 1. The average molecular weight is 293 g/mol. The normalized spacial score (nSPS) is 17.0. The van der Waals surface area contributed by atoms with Crippen LogP contribution in [0.5, 0.6) is 0 Å². The fourth-order valence-corrected chi connectivity index (χ4v) is 2.83. The zero-order valence-corrected chi connectivity index (χ0v) is 12.8. The third-order valence-electron chi connectivity index (χ3n) is 4.04. The Labute approximate surface area is 125 Å². The first kappa shape index (κ1) is 15.9. The molecular weight excluding hydrogens is 269 g/mol. The lowest BCUT2D eigenvalue weighted by Gasteiger charge is -2.35. The van der Waals surface area contributed by atoms with E-state index in [1.807, 2.05) is 23.6 Å². The summed E-state index contributed by atoms with van der Waals surface area (Å²) in [6.45, 7) is 8.41. The van der Waals surface area contributed by atoms with Gasteiger partial charge in [-0.1, -0.05) is 32.0 Å². The summed E-state index contributed by atoms with van der Waals surface area (Å²) >= 11 is 0. The van der Waals surface area contributed by atoms with Gasteiger partial charge in [0.2, 0.25) is 5.91 Å². The zero-order chi connectivity index (χ0) is 15.2. The smallest absolute Gasteiger partial charge is 0.244 e. The molecule has 0 saturated carbocycles. The van der Waals surface area contributed by atoms with Crippen LogP contribution in [0, 0.1) is 5.82 Å². The maximum Gasteiger partial charge on any atom is 0.244 e. The van der Waals surface area contributed by atoms with Crippen molar-refractivity contribution in [3.63, 3.8) is 0 Å². The topological polar surface area (TPSA) is 35.6 Å². The molecule has 0 spiro atoms. The van der Waals surface area contributed by atoms with Crippen LogP contribution in [0.25, 0.3) is 0 Å². The van der Waals surface area contributed by atoms with Crippen LogP contribution >= 0.6 is 0 Å². The van der Waals surface area contributed by atoms with Crippen LogP contribution in [0.15, 0.2) is 24.3 Å². The van der Waals surface area contributed by atoms with E-state index in [0.29, 0.717) is 31.7 Å². The Balaban J connectivity index is 2.31. The van der Waals surface area contributed by atoms with Gasteiger partial charge in [-0.25, -0.2) is 4.39 Å². The number of nitrogens with zero attached hydrogens (tertiary/aromatic N) is 2. The van der Waals surface area contributed by atoms with Gasteiger partial charge in [-0.15, -0.1) is 0 Å². The van der Waals surface area contributed by atoms with E-state index in [2.05, 4.69) is 5.32 Å². The van der Waals surface area contributed by atoms with Gasteiger partial charge < -0.3 is 10.2 Å². The lowest BCUT2D eigenvalue weighted by molar-refractivity contribution is -0.138. The second-order valence-corrected chi connectivity index (χ2v) is 5.22. The van der Waals surface area contributed by atoms with Crippen molar-refractivity contribution >= 4 is 5.91 Å². The van der Waals surface area contributed by atoms with Crippen molar-refractivity contribution in [2.75, 3.05) is 39.3 Å². The van der Waals surface area contributed by atoms with Crippen LogP contribution in [-0.4, -0.2) is 55.0 Å². The summed E-state index contributed by atoms with van der Waals surface area (Å²) in [5.74, 6) is -0.303. The highest BCUT2D eigenvalue weighted by molar-refractivity contribution is 5.83. The van der Waals surface area contributed by atoms with Crippen molar-refractivity contribution in [1.82, 2.24) is 15.1 Å². The first-order valence-corrected chi connectivity index (χ1v) is 7.67. The van der Waals surface area contributed by atoms with Crippen LogP contribution in [0.1, 0.15) is 25.5 Å². The number of carbonyl (C=O) groups excluding carboxylic acids is 1. The molecule has 1 aliphatic rings. The van der Waals surface area contributed by atoms with E-state index in [-0.39, 0.29) is 11.7 Å². The van der Waals surface area contributed by atoms with Crippen LogP contribution < -0.4 is 5.32 Å². The molecule has 0 bridgehead atoms. The minimum atomic E-state index is -0.528. The Morgan fingerprint density at radius 1 is 1.29 bits per heavy atom. The molecule has 116 valence electrons. The molecule has 1 fully saturated rings. The average Bonchev–Trinajstić information content (AvgIpc) is 2.54. The largest absolute Gasteiger partial charge is 0.338 e. The molecule has 1 heterocycles. The first-order chi connectivity index (χ1) is 10.2. The molecule has 0 radical (unpaired) electrons. The minimum Gasteiger partial charge on any atom is -0.338 e. The Bertz CT molecular complexity index is 470. The second-order valence-electron chi connectivity index (χ2n) is 5.22. The van der Waals surface area contributed by atoms with Crippen LogP contribution in [-0.2, 0) is 4.79 Å². The van der Waals surface area contributed by atoms with E-state index in [9.17, 15) is 9.18 Å². The standard InChI is InChI=1S/C16H24FN3O/c1-3-19(4-2)15(13-7-5-6-8-14(13)17)16(21)20-11-9-18-10-12-20/h5-8,15,18H,3-4,9-12H2,1-2H3. The number of likely N-dealkylation sites (N-methyl/N-ethyl adjacent to an activating group) is 1. The number of benzene rings is 1. The number of hydrogen-bond donors (Lipinski definition) is 1. The van der Waals surface area contributed by atoms with E-state index >= 15 is 0 Å². The number of rotatable bonds is 5. The molecule has 1 aromatic rings. The molecule has 0 aliphatic carbocycles. The van der Waals surface area contributed by atoms with E-state index in [1.54, 1.807) is 18.2 Å². The summed E-state index contributed by atoms with van der Waals surface area (Å²) < 4.78 is 14.2. The molecule has 1 saturated heterocycles. The fraction of sp³-hybridized carbons (Fsp3) is 0.562. The van der Waals surface area contributed by atoms with Gasteiger partial charge in [0.25, 0.3) is 0 Å². The molecule has 1 atom stereocenters. The Morgan fingerprint density at radius 3 is 2.48 bits per heavy atom. The van der Waals surface area contributed by atoms with Crippen LogP contribution in [0.2, 0.25) is 0 Å². The number of halogens is 1. The summed E-state index contributed by atoms with van der Waals surface area (Å²) in [5.41, 5.74) is 0.477. The molecule has 1 N–H and O–H groups in total. The Hall–Kier alpha value is -1.46. The highest BCUT2D eigenvalue weighted by Gasteiger charge is 2.32. The summed E-state index contributed by atoms with van der Waals surface area (Å²) in [5, 5.41) is 3.24. The molecule has 5 heteroatoms. The molecule has 2 rings (SSSR count). The Morgan fingerprint density at radius 2 is 1.90 bits per heavy atom. The lowest BCUT2D eigenvalue weighted by atomic mass is 10.0. The first-order valence-electron chi connectivity index (χ1n) is 7.67. The second kappa shape index (κ2) is 7.52. The summed E-state index contributed by atoms with van der Waals surface area (Å²) in [6, 6.07) is 6.07. The van der Waals surface area contributed by atoms with Crippen molar-refractivity contribution in [3.05, 3.63) is 35.6 Å². The summed E-state index contributed by atoms with van der Waals surface area (Å²) in [6.07, 6.45) is 0. The van der Waals surface area contributed by atoms with Gasteiger partial charge in [-0.05, 0) is 19.2 Å². The van der Waals surface area contributed by atoms with Crippen molar-refractivity contribution < 1.29 is 9.18 Å². The SMILES string of the molecule is CCN(CC)C(C(=O)N1CCNCC1)c1ccccc1F. The number of nitrogens with one attached hydrogen (secondary N) is 1. The predicted molar refractivity (Wildman–Crippen MR) is 81.5 cm³/mol. The van der Waals surface area contributed by atoms with Crippen molar-refractivity contribution in [1.29, 1.82) is 0 Å². The zero-order valence-electron chi connectivity index (χ0n) is 12.8. The number of piperazine rings is 1. The van der Waals surface area contributed by atoms with Gasteiger partial charge >= 0.3 is 0 Å². The van der Waals surface area contributed by atoms with Gasteiger partial charge in [-0.2, -0.15) is 0 Å². The van der Waals surface area contributed by atoms with Gasteiger partial charge in [0.1, 0.15) is 11.9 Å². The van der Waals surface area contributed by atoms with Crippen molar-refractivity contribution in [2.45, 2.75) is 19.9 Å². The van der Waals surface area contributed by atoms with Gasteiger partial charge in [-0.3, -0.25) is 9.69 Å². The van der Waals surface area contributed by atoms with Crippen LogP contribution in [0.4, 0.5) is 4.39 Å². The monoisotopic (exact) mass is 293 g/mol. The predicted octanol–water partition coefficient (Wildman–Crippen LogP) is 1.64. The van der Waals surface area contributed by atoms with Gasteiger partial charge in [0.05, 0.1) is 0 Å². The van der Waals surface area contributed by atoms with Gasteiger partial charge in [0.15, 0.2) is 0 Å². The molecule has 1 amide bonds. The molecule has 21 heavy (non-hydrogen) atoms. The van der Waals surface area contributed by atoms with Crippen LogP contribution in [0.3, 0.4) is 0 Å². The van der Waals surface area contributed by atoms with E-state index in [0.717, 1.165) is 13.1 Å². The van der Waals surface area contributed by atoms with E-state index in [4.69, 9.17) is 0 Å². The highest BCUT2D eigenvalue weighted by atomic mass is 19.1. The molecule has 1 aromatic carbocycles. The number of hydrogen-bond acceptors (Lipinski definition) is 3. The minimum absolute atomic E-state index is 0.00491. The van der Waals surface area contributed by atoms with Gasteiger partial charge in [0, 0.05) is 31.7 Å². The van der Waals surface area contributed by atoms with E-state index in [1.165, 1.54) is 6.07 Å². The molecule has 4 nitrogen and oxygen atoms in total. The Kier molecular flexibility index (Phi) is 5.70. The molecule has 1 aliphatic heterocycles. The maximum absolute atomic E-state index is 14.2. The molecule has 0 aromatic heterocycles. The lowest BCUT2D eigenvalue weighted by Crippen LogP contribution is -2.51. The quantitative estimate of drug-likeness (QED) is 0.896. The highest BCUT2D eigenvalue weighted by Crippen LogP contribution is 2.25.